The molecule has 1 unspecified atom stereocenters. The van der Waals surface area contributed by atoms with E-state index in [-0.39, 0.29) is 6.04 Å². The molecule has 4 heteroatoms. The van der Waals surface area contributed by atoms with Crippen LogP contribution in [0, 0.1) is 0 Å². The third-order valence-electron chi connectivity index (χ3n) is 3.40. The lowest BCUT2D eigenvalue weighted by Crippen LogP contribution is -2.38. The minimum atomic E-state index is -0.931. The molecule has 0 radical (unpaired) electrons. The summed E-state index contributed by atoms with van der Waals surface area (Å²) in [7, 11) is 0. The van der Waals surface area contributed by atoms with Crippen molar-refractivity contribution in [2.45, 2.75) is 25.3 Å². The van der Waals surface area contributed by atoms with Crippen molar-refractivity contribution in [1.29, 1.82) is 0 Å². The van der Waals surface area contributed by atoms with E-state index < -0.39 is 6.09 Å². The van der Waals surface area contributed by atoms with Gasteiger partial charge in [0, 0.05) is 29.9 Å². The van der Waals surface area contributed by atoms with Crippen LogP contribution in [-0.2, 0) is 12.8 Å². The Hall–Kier alpha value is -1.97. The molecule has 0 spiro atoms. The molecule has 1 amide bonds. The number of carbonyl (C=O) groups is 1. The second kappa shape index (κ2) is 3.80. The zero-order valence-electron chi connectivity index (χ0n) is 9.39. The number of fused-ring (bicyclic) bond motifs is 3. The third-order valence-corrected chi connectivity index (χ3v) is 3.40. The highest BCUT2D eigenvalue weighted by Gasteiger charge is 2.22. The van der Waals surface area contributed by atoms with Gasteiger partial charge >= 0.3 is 6.09 Å². The van der Waals surface area contributed by atoms with Crippen LogP contribution in [0.5, 0.6) is 0 Å². The van der Waals surface area contributed by atoms with Gasteiger partial charge in [0.25, 0.3) is 0 Å². The number of nitrogens with zero attached hydrogens (tertiary/aromatic N) is 1. The van der Waals surface area contributed by atoms with E-state index in [9.17, 15) is 4.79 Å². The monoisotopic (exact) mass is 230 g/mol. The number of carboxylic acid groups (broad SMARTS) is 1. The van der Waals surface area contributed by atoms with E-state index in [4.69, 9.17) is 5.11 Å². The fourth-order valence-corrected chi connectivity index (χ4v) is 2.65. The van der Waals surface area contributed by atoms with Crippen molar-refractivity contribution in [2.24, 2.45) is 0 Å². The van der Waals surface area contributed by atoms with Gasteiger partial charge in [0.05, 0.1) is 0 Å². The first kappa shape index (κ1) is 10.2. The van der Waals surface area contributed by atoms with Crippen molar-refractivity contribution in [3.8, 4) is 0 Å². The molecule has 1 atom stereocenters. The number of pyridine rings is 1. The van der Waals surface area contributed by atoms with Crippen LogP contribution in [0.25, 0.3) is 5.52 Å². The molecular formula is C13H14N2O2. The van der Waals surface area contributed by atoms with E-state index in [1.54, 1.807) is 0 Å². The maximum absolute atomic E-state index is 10.7. The Labute approximate surface area is 98.9 Å². The van der Waals surface area contributed by atoms with Gasteiger partial charge in [-0.15, -0.1) is 0 Å². The summed E-state index contributed by atoms with van der Waals surface area (Å²) < 4.78 is 2.16. The summed E-state index contributed by atoms with van der Waals surface area (Å²) in [6.45, 7) is 0. The van der Waals surface area contributed by atoms with Crippen LogP contribution in [0.15, 0.2) is 30.5 Å². The number of aromatic nitrogens is 1. The van der Waals surface area contributed by atoms with Crippen molar-refractivity contribution >= 4 is 11.6 Å². The molecule has 2 aromatic heterocycles. The smallest absolute Gasteiger partial charge is 0.404 e. The van der Waals surface area contributed by atoms with Crippen LogP contribution >= 0.6 is 0 Å². The van der Waals surface area contributed by atoms with Crippen LogP contribution in [0.1, 0.15) is 17.7 Å². The van der Waals surface area contributed by atoms with E-state index >= 15 is 0 Å². The number of amides is 1. The van der Waals surface area contributed by atoms with Crippen molar-refractivity contribution < 1.29 is 9.90 Å². The highest BCUT2D eigenvalue weighted by molar-refractivity contribution is 5.65. The van der Waals surface area contributed by atoms with Gasteiger partial charge < -0.3 is 14.8 Å². The number of hydrogen-bond acceptors (Lipinski definition) is 1. The van der Waals surface area contributed by atoms with E-state index in [0.29, 0.717) is 0 Å². The van der Waals surface area contributed by atoms with Crippen molar-refractivity contribution in [3.05, 3.63) is 41.7 Å². The Balaban J connectivity index is 1.97. The maximum atomic E-state index is 10.7. The Morgan fingerprint density at radius 1 is 1.47 bits per heavy atom. The number of nitrogens with one attached hydrogen (secondary N) is 1. The molecule has 0 saturated carbocycles. The van der Waals surface area contributed by atoms with Gasteiger partial charge in [0.15, 0.2) is 0 Å². The van der Waals surface area contributed by atoms with Gasteiger partial charge in [0.2, 0.25) is 0 Å². The lowest BCUT2D eigenvalue weighted by molar-refractivity contribution is 0.188. The third kappa shape index (κ3) is 1.75. The number of hydrogen-bond donors (Lipinski definition) is 2. The predicted octanol–water partition coefficient (Wildman–Crippen LogP) is 2.06. The Morgan fingerprint density at radius 2 is 2.35 bits per heavy atom. The molecule has 3 rings (SSSR count). The van der Waals surface area contributed by atoms with Gasteiger partial charge in [-0.25, -0.2) is 4.79 Å². The van der Waals surface area contributed by atoms with E-state index in [0.717, 1.165) is 19.3 Å². The highest BCUT2D eigenvalue weighted by atomic mass is 16.4. The van der Waals surface area contributed by atoms with E-state index in [1.165, 1.54) is 16.8 Å². The molecule has 1 aliphatic rings. The van der Waals surface area contributed by atoms with Crippen LogP contribution in [-0.4, -0.2) is 21.6 Å². The van der Waals surface area contributed by atoms with Crippen LogP contribution in [0.2, 0.25) is 0 Å². The zero-order valence-corrected chi connectivity index (χ0v) is 9.39. The normalized spacial score (nSPS) is 18.9. The lowest BCUT2D eigenvalue weighted by atomic mass is 9.93. The van der Waals surface area contributed by atoms with Gasteiger partial charge in [-0.3, -0.25) is 0 Å². The molecule has 1 aliphatic carbocycles. The first-order valence-electron chi connectivity index (χ1n) is 5.81. The fourth-order valence-electron chi connectivity index (χ4n) is 2.65. The minimum Gasteiger partial charge on any atom is -0.465 e. The Morgan fingerprint density at radius 3 is 3.18 bits per heavy atom. The second-order valence-corrected chi connectivity index (χ2v) is 4.50. The summed E-state index contributed by atoms with van der Waals surface area (Å²) in [4.78, 5) is 10.7. The molecule has 17 heavy (non-hydrogen) atoms. The first-order chi connectivity index (χ1) is 8.24. The van der Waals surface area contributed by atoms with Crippen molar-refractivity contribution in [1.82, 2.24) is 9.72 Å². The van der Waals surface area contributed by atoms with E-state index in [2.05, 4.69) is 21.9 Å². The average Bonchev–Trinajstić information content (AvgIpc) is 2.66. The van der Waals surface area contributed by atoms with Crippen molar-refractivity contribution in [3.63, 3.8) is 0 Å². The number of aryl methyl sites for hydroxylation is 1. The lowest BCUT2D eigenvalue weighted by Gasteiger charge is -2.22. The molecule has 2 N–H and O–H groups in total. The Kier molecular flexibility index (Phi) is 2.28. The van der Waals surface area contributed by atoms with Gasteiger partial charge in [-0.2, -0.15) is 0 Å². The van der Waals surface area contributed by atoms with Gasteiger partial charge in [0.1, 0.15) is 0 Å². The minimum absolute atomic E-state index is 0.0401. The summed E-state index contributed by atoms with van der Waals surface area (Å²) in [5, 5.41) is 11.3. The molecule has 2 heterocycles. The standard InChI is InChI=1S/C13H14N2O2/c16-13(17)14-10-5-4-9-7-11-3-1-2-6-15(11)12(9)8-10/h1-3,6-7,10,14H,4-5,8H2,(H,16,17). The summed E-state index contributed by atoms with van der Waals surface area (Å²) in [6, 6.07) is 8.35. The summed E-state index contributed by atoms with van der Waals surface area (Å²) in [5.74, 6) is 0. The molecule has 2 aromatic rings. The van der Waals surface area contributed by atoms with E-state index in [1.807, 2.05) is 18.3 Å². The molecule has 0 saturated heterocycles. The topological polar surface area (TPSA) is 53.7 Å². The average molecular weight is 230 g/mol. The van der Waals surface area contributed by atoms with Gasteiger partial charge in [-0.05, 0) is 36.6 Å². The quantitative estimate of drug-likeness (QED) is 0.788. The fraction of sp³-hybridized carbons (Fsp3) is 0.308. The van der Waals surface area contributed by atoms with Gasteiger partial charge in [-0.1, -0.05) is 6.07 Å². The largest absolute Gasteiger partial charge is 0.465 e. The molecule has 88 valence electrons. The van der Waals surface area contributed by atoms with Crippen LogP contribution in [0.3, 0.4) is 0 Å². The predicted molar refractivity (Wildman–Crippen MR) is 64.4 cm³/mol. The maximum Gasteiger partial charge on any atom is 0.404 e. The molecule has 0 fully saturated rings. The van der Waals surface area contributed by atoms with Crippen LogP contribution in [0.4, 0.5) is 4.79 Å². The highest BCUT2D eigenvalue weighted by Crippen LogP contribution is 2.25. The summed E-state index contributed by atoms with van der Waals surface area (Å²) >= 11 is 0. The molecule has 0 bridgehead atoms. The first-order valence-corrected chi connectivity index (χ1v) is 5.81. The number of rotatable bonds is 1. The molecule has 0 aliphatic heterocycles. The molecular weight excluding hydrogens is 216 g/mol. The summed E-state index contributed by atoms with van der Waals surface area (Å²) in [6.07, 6.45) is 3.72. The molecule has 4 nitrogen and oxygen atoms in total. The second-order valence-electron chi connectivity index (χ2n) is 4.50. The Bertz CT molecular complexity index is 574. The van der Waals surface area contributed by atoms with Crippen LogP contribution < -0.4 is 5.32 Å². The van der Waals surface area contributed by atoms with Crippen molar-refractivity contribution in [2.75, 3.05) is 0 Å². The molecule has 0 aromatic carbocycles. The SMILES string of the molecule is O=C(O)NC1CCc2cc3ccccn3c2C1. The summed E-state index contributed by atoms with van der Waals surface area (Å²) in [5.41, 5.74) is 3.78. The zero-order chi connectivity index (χ0) is 11.8.